The summed E-state index contributed by atoms with van der Waals surface area (Å²) >= 11 is 21.2. The van der Waals surface area contributed by atoms with Gasteiger partial charge in [-0.2, -0.15) is 33.7 Å². The number of nitrogens with zero attached hydrogens (tertiary/aromatic N) is 3. The van der Waals surface area contributed by atoms with Crippen LogP contribution in [-0.4, -0.2) is 132 Å². The van der Waals surface area contributed by atoms with E-state index in [0.29, 0.717) is 0 Å². The molecule has 0 aromatic heterocycles. The van der Waals surface area contributed by atoms with Gasteiger partial charge in [-0.15, -0.1) is 23.2 Å². The maximum absolute atomic E-state index is 11.1. The monoisotopic (exact) mass is 1050 g/mol. The minimum atomic E-state index is -5.49. The van der Waals surface area contributed by atoms with Crippen LogP contribution in [0.2, 0.25) is 0 Å². The van der Waals surface area contributed by atoms with Crippen molar-refractivity contribution >= 4 is 94.8 Å². The molecule has 14 nitrogen and oxygen atoms in total. The van der Waals surface area contributed by atoms with Gasteiger partial charge in [0.2, 0.25) is 0 Å². The molecule has 5 unspecified atom stereocenters. The van der Waals surface area contributed by atoms with Crippen molar-refractivity contribution in [3.63, 3.8) is 0 Å². The van der Waals surface area contributed by atoms with Crippen LogP contribution in [0.25, 0.3) is 0 Å². The van der Waals surface area contributed by atoms with Gasteiger partial charge in [0.1, 0.15) is 6.79 Å². The molecule has 3 aliphatic heterocycles. The van der Waals surface area contributed by atoms with Crippen LogP contribution in [0.1, 0.15) is 98.3 Å². The second kappa shape index (κ2) is 35.7. The van der Waals surface area contributed by atoms with Gasteiger partial charge in [-0.25, -0.2) is 0 Å². The second-order valence-electron chi connectivity index (χ2n) is 15.6. The Labute approximate surface area is 380 Å². The van der Waals surface area contributed by atoms with Crippen molar-refractivity contribution in [2.24, 2.45) is 23.7 Å². The zero-order valence-electron chi connectivity index (χ0n) is 35.2. The van der Waals surface area contributed by atoms with E-state index in [-0.39, 0.29) is 26.0 Å². The fraction of sp³-hybridized carbons (Fsp3) is 0.969. The molecule has 0 radical (unpaired) electrons. The van der Waals surface area contributed by atoms with Gasteiger partial charge in [0.15, 0.2) is 12.0 Å². The van der Waals surface area contributed by atoms with Crippen LogP contribution in [0.4, 0.5) is 15.5 Å². The molecule has 4 fully saturated rings. The third-order valence-corrected chi connectivity index (χ3v) is 13.4. The maximum atomic E-state index is 11.1. The van der Waals surface area contributed by atoms with Crippen molar-refractivity contribution in [2.75, 3.05) is 77.8 Å². The summed E-state index contributed by atoms with van der Waals surface area (Å²) in [6.07, 6.45) is 15.8. The largest absolute Gasteiger partial charge is 1.00 e. The van der Waals surface area contributed by atoms with E-state index in [0.717, 1.165) is 44.6 Å². The van der Waals surface area contributed by atoms with Gasteiger partial charge >= 0.3 is 41.6 Å². The van der Waals surface area contributed by atoms with Crippen LogP contribution in [0.3, 0.4) is 0 Å². The fourth-order valence-electron chi connectivity index (χ4n) is 6.70. The van der Waals surface area contributed by atoms with Crippen LogP contribution >= 0.6 is 46.4 Å². The van der Waals surface area contributed by atoms with Gasteiger partial charge in [-0.3, -0.25) is 0 Å². The summed E-state index contributed by atoms with van der Waals surface area (Å²) in [6.45, 7) is 19.0. The minimum absolute atomic E-state index is 0. The molecule has 3 heterocycles. The predicted octanol–water partition coefficient (Wildman–Crippen LogP) is 4.30. The molecule has 27 heteroatoms. The summed E-state index contributed by atoms with van der Waals surface area (Å²) in [5.74, 6) is 3.72. The van der Waals surface area contributed by atoms with Crippen molar-refractivity contribution < 1.29 is 75.4 Å². The standard InChI is InChI=1S/2C8H17ClN.C7H15N.C7H14.CH2Cl2.CH2O.ClH.2F2HNO4S2/c2*1-8-4-3-5-10(2,6-8)7-9;1-7-4-3-5-8(2)6-7;1-7-5-3-2-4-6-7;2-1-3;1-2;;2*1-8(4,5)3-9(2,6)7/h2*8H,3-7H2,1-2H3;7H,3-6H2,1-2H3;7H,2-6H2,1H3;1H2;1H2;1H;2*3H/q2*+1;;;;;;;/p-1. The Hall–Kier alpha value is 0.440. The molecule has 0 aromatic carbocycles. The summed E-state index contributed by atoms with van der Waals surface area (Å²) in [5.41, 5.74) is 0. The number of nitrogens with one attached hydrogen (secondary N) is 2. The Morgan fingerprint density at radius 3 is 1.00 bits per heavy atom. The quantitative estimate of drug-likeness (QED) is 0.128. The molecule has 4 aliphatic rings. The second-order valence-corrected chi connectivity index (χ2v) is 21.7. The highest BCUT2D eigenvalue weighted by Gasteiger charge is 2.28. The smallest absolute Gasteiger partial charge is 0.387 e. The van der Waals surface area contributed by atoms with Crippen LogP contribution in [0, 0.1) is 23.7 Å². The lowest BCUT2D eigenvalue weighted by molar-refractivity contribution is -0.906. The number of halogens is 9. The fourth-order valence-corrected chi connectivity index (χ4v) is 9.04. The highest BCUT2D eigenvalue weighted by molar-refractivity contribution is 8.00. The summed E-state index contributed by atoms with van der Waals surface area (Å²) in [6, 6.07) is 1.56. The molecule has 0 aromatic rings. The van der Waals surface area contributed by atoms with Crippen LogP contribution in [-0.2, 0) is 46.4 Å². The van der Waals surface area contributed by atoms with E-state index >= 15 is 0 Å². The number of piperidine rings is 3. The van der Waals surface area contributed by atoms with E-state index in [2.05, 4.69) is 53.7 Å². The highest BCUT2D eigenvalue weighted by Crippen LogP contribution is 2.23. The van der Waals surface area contributed by atoms with Crippen molar-refractivity contribution in [3.8, 4) is 0 Å². The zero-order chi connectivity index (χ0) is 46.4. The van der Waals surface area contributed by atoms with Crippen LogP contribution in [0.15, 0.2) is 0 Å². The predicted molar refractivity (Wildman–Crippen MR) is 228 cm³/mol. The molecule has 1 saturated carbocycles. The normalized spacial score (nSPS) is 26.1. The van der Waals surface area contributed by atoms with E-state index in [1.807, 2.05) is 6.79 Å². The average molecular weight is 1050 g/mol. The number of carbonyl (C=O) groups excluding carboxylic acids is 1. The van der Waals surface area contributed by atoms with Gasteiger partial charge in [0, 0.05) is 18.4 Å². The Morgan fingerprint density at radius 1 is 0.559 bits per heavy atom. The number of hydrogen-bond donors (Lipinski definition) is 2. The lowest BCUT2D eigenvalue weighted by Gasteiger charge is -2.38. The highest BCUT2D eigenvalue weighted by atomic mass is 35.5. The molecule has 0 amide bonds. The molecule has 3 saturated heterocycles. The molecule has 5 atom stereocenters. The Kier molecular flexibility index (Phi) is 41.5. The number of hydrogen-bond acceptors (Lipinski definition) is 10. The maximum Gasteiger partial charge on any atom is 0.387 e. The van der Waals surface area contributed by atoms with Gasteiger partial charge < -0.3 is 31.1 Å². The first-order valence-corrected chi connectivity index (χ1v) is 26.2. The molecule has 59 heavy (non-hydrogen) atoms. The lowest BCUT2D eigenvalue weighted by atomic mass is 9.91. The SMILES string of the molecule is C=O.CC1CCCCC1.CC1CCCN(C)C1.CC1CCC[N+](C)(CCl)C1.CC1CCC[N+](C)(CCl)C1.ClCCl.O=S(=O)(F)NS(=O)(=O)F.O=S(=O)(F)NS(=O)(=O)F.[Cl-]. The summed E-state index contributed by atoms with van der Waals surface area (Å²) in [4.78, 5) is 10.4. The summed E-state index contributed by atoms with van der Waals surface area (Å²) in [5, 5.41) is 0.194. The van der Waals surface area contributed by atoms with E-state index in [1.54, 1.807) is 0 Å². The molecular formula is C32H69Cl5F4N5O9S4+. The molecule has 4 rings (SSSR count). The van der Waals surface area contributed by atoms with E-state index in [9.17, 15) is 49.2 Å². The summed E-state index contributed by atoms with van der Waals surface area (Å²) < 4.78 is 121. The number of alkyl halides is 4. The van der Waals surface area contributed by atoms with Crippen molar-refractivity contribution in [1.29, 1.82) is 0 Å². The average Bonchev–Trinajstić information content (AvgIpc) is 3.04. The molecule has 0 bridgehead atoms. The number of quaternary nitrogens is 2. The van der Waals surface area contributed by atoms with E-state index < -0.39 is 41.6 Å². The Morgan fingerprint density at radius 2 is 0.847 bits per heavy atom. The van der Waals surface area contributed by atoms with Crippen molar-refractivity contribution in [1.82, 2.24) is 13.2 Å². The molecule has 2 N–H and O–H groups in total. The van der Waals surface area contributed by atoms with Crippen molar-refractivity contribution in [2.45, 2.75) is 98.3 Å². The molecular weight excluding hydrogens is 980 g/mol. The molecule has 362 valence electrons. The number of likely N-dealkylation sites (tertiary alicyclic amines) is 3. The Bertz CT molecular complexity index is 1340. The first-order valence-electron chi connectivity index (χ1n) is 18.6. The summed E-state index contributed by atoms with van der Waals surface area (Å²) in [7, 11) is -15.3. The molecule has 0 spiro atoms. The topological polar surface area (TPSA) is 181 Å². The van der Waals surface area contributed by atoms with Gasteiger partial charge in [0.25, 0.3) is 0 Å². The first kappa shape index (κ1) is 68.5. The van der Waals surface area contributed by atoms with Gasteiger partial charge in [-0.1, -0.05) is 107 Å². The van der Waals surface area contributed by atoms with E-state index in [1.165, 1.54) is 110 Å². The Balaban J connectivity index is -0.000000193. The van der Waals surface area contributed by atoms with Gasteiger partial charge in [-0.05, 0) is 64.0 Å². The first-order chi connectivity index (χ1) is 26.3. The lowest BCUT2D eigenvalue weighted by Crippen LogP contribution is -3.00. The number of rotatable bonds is 6. The number of carbonyl (C=O) groups is 1. The minimum Gasteiger partial charge on any atom is -1.00 e. The molecule has 1 aliphatic carbocycles. The van der Waals surface area contributed by atoms with Crippen LogP contribution < -0.4 is 20.7 Å². The van der Waals surface area contributed by atoms with Crippen molar-refractivity contribution in [3.05, 3.63) is 0 Å². The van der Waals surface area contributed by atoms with E-state index in [4.69, 9.17) is 51.2 Å². The third kappa shape index (κ3) is 51.0. The van der Waals surface area contributed by atoms with Gasteiger partial charge in [0.05, 0.1) is 45.6 Å². The third-order valence-electron chi connectivity index (χ3n) is 9.02. The van der Waals surface area contributed by atoms with Crippen LogP contribution in [0.5, 0.6) is 0 Å². The zero-order valence-corrected chi connectivity index (χ0v) is 42.3.